The Hall–Kier alpha value is -2.93. The number of imidazole rings is 1. The van der Waals surface area contributed by atoms with Crippen molar-refractivity contribution in [1.82, 2.24) is 19.9 Å². The van der Waals surface area contributed by atoms with E-state index in [0.29, 0.717) is 11.3 Å². The molecule has 0 bridgehead atoms. The molecule has 0 atom stereocenters. The largest absolute Gasteiger partial charge is 0.326 e. The monoisotopic (exact) mass is 349 g/mol. The van der Waals surface area contributed by atoms with Crippen LogP contribution in [0.3, 0.4) is 0 Å². The summed E-state index contributed by atoms with van der Waals surface area (Å²) >= 11 is 0. The second kappa shape index (κ2) is 5.81. The first-order chi connectivity index (χ1) is 12.7. The topological polar surface area (TPSA) is 91.8 Å². The van der Waals surface area contributed by atoms with Crippen molar-refractivity contribution >= 4 is 22.6 Å². The molecule has 1 fully saturated rings. The van der Waals surface area contributed by atoms with Crippen molar-refractivity contribution < 1.29 is 4.79 Å². The zero-order valence-electron chi connectivity index (χ0n) is 14.2. The van der Waals surface area contributed by atoms with E-state index in [9.17, 15) is 9.59 Å². The first-order valence-corrected chi connectivity index (χ1v) is 8.93. The van der Waals surface area contributed by atoms with Gasteiger partial charge >= 0.3 is 5.69 Å². The molecule has 3 aromatic rings. The summed E-state index contributed by atoms with van der Waals surface area (Å²) in [7, 11) is 0. The van der Waals surface area contributed by atoms with Gasteiger partial charge in [0, 0.05) is 24.5 Å². The number of nitrogens with zero attached hydrogens (tertiary/aromatic N) is 2. The quantitative estimate of drug-likeness (QED) is 0.674. The first kappa shape index (κ1) is 15.3. The normalized spacial score (nSPS) is 16.5. The Balaban J connectivity index is 1.44. The maximum absolute atomic E-state index is 12.6. The van der Waals surface area contributed by atoms with E-state index in [2.05, 4.69) is 20.6 Å². The molecule has 1 aliphatic heterocycles. The lowest BCUT2D eigenvalue weighted by atomic mass is 10.0. The van der Waals surface area contributed by atoms with Gasteiger partial charge in [0.25, 0.3) is 5.91 Å². The number of carbonyl (C=O) groups is 1. The van der Waals surface area contributed by atoms with Crippen LogP contribution in [0.5, 0.6) is 0 Å². The second-order valence-corrected chi connectivity index (χ2v) is 6.97. The Morgan fingerprint density at radius 2 is 2.15 bits per heavy atom. The number of hydrogen-bond acceptors (Lipinski definition) is 4. The molecule has 0 saturated heterocycles. The highest BCUT2D eigenvalue weighted by Crippen LogP contribution is 2.36. The predicted octanol–water partition coefficient (Wildman–Crippen LogP) is 1.96. The van der Waals surface area contributed by atoms with Gasteiger partial charge < -0.3 is 15.6 Å². The zero-order chi connectivity index (χ0) is 17.7. The molecule has 132 valence electrons. The molecule has 26 heavy (non-hydrogen) atoms. The molecule has 1 amide bonds. The predicted molar refractivity (Wildman–Crippen MR) is 98.4 cm³/mol. The zero-order valence-corrected chi connectivity index (χ0v) is 14.2. The maximum atomic E-state index is 12.6. The highest BCUT2D eigenvalue weighted by Gasteiger charge is 2.27. The van der Waals surface area contributed by atoms with Crippen LogP contribution in [0.4, 0.5) is 5.69 Å². The van der Waals surface area contributed by atoms with Crippen LogP contribution in [-0.4, -0.2) is 27.0 Å². The molecule has 1 aromatic carbocycles. The van der Waals surface area contributed by atoms with Crippen LogP contribution in [0.2, 0.25) is 0 Å². The molecule has 1 aliphatic carbocycles. The number of fused-ring (bicyclic) bond motifs is 2. The minimum absolute atomic E-state index is 0.0847. The third kappa shape index (κ3) is 2.61. The van der Waals surface area contributed by atoms with Crippen LogP contribution in [-0.2, 0) is 13.0 Å². The van der Waals surface area contributed by atoms with Gasteiger partial charge in [0.05, 0.1) is 22.3 Å². The van der Waals surface area contributed by atoms with E-state index in [4.69, 9.17) is 0 Å². The highest BCUT2D eigenvalue weighted by molar-refractivity contribution is 6.04. The van der Waals surface area contributed by atoms with Crippen LogP contribution in [0, 0.1) is 0 Å². The second-order valence-electron chi connectivity index (χ2n) is 6.97. The molecule has 0 spiro atoms. The molecule has 1 saturated carbocycles. The summed E-state index contributed by atoms with van der Waals surface area (Å²) in [6.45, 7) is 1.66. The number of anilines is 1. The highest BCUT2D eigenvalue weighted by atomic mass is 16.2. The van der Waals surface area contributed by atoms with E-state index < -0.39 is 0 Å². The van der Waals surface area contributed by atoms with E-state index in [1.54, 1.807) is 10.8 Å². The number of amides is 1. The molecule has 3 N–H and O–H groups in total. The Bertz CT molecular complexity index is 1080. The Morgan fingerprint density at radius 3 is 3.00 bits per heavy atom. The molecule has 2 aromatic heterocycles. The molecule has 0 unspecified atom stereocenters. The number of pyridine rings is 1. The van der Waals surface area contributed by atoms with Crippen LogP contribution in [0.1, 0.15) is 40.5 Å². The van der Waals surface area contributed by atoms with Gasteiger partial charge in [-0.1, -0.05) is 0 Å². The summed E-state index contributed by atoms with van der Waals surface area (Å²) in [5.74, 6) is -0.186. The lowest BCUT2D eigenvalue weighted by Crippen LogP contribution is -2.25. The fraction of sp³-hybridized carbons (Fsp3) is 0.316. The maximum Gasteiger partial charge on any atom is 0.326 e. The number of benzene rings is 1. The average molecular weight is 349 g/mol. The summed E-state index contributed by atoms with van der Waals surface area (Å²) in [6.07, 6.45) is 4.56. The standard InChI is InChI=1S/C19H19N5O2/c25-18(12-7-11-5-6-20-10-16(11)21-9-12)22-13-1-4-15-17(8-13)24(14-2-3-14)19(26)23-15/h1,4,7-9,14,20H,2-3,5-6,10H2,(H,22,25)(H,23,26). The van der Waals surface area contributed by atoms with E-state index in [-0.39, 0.29) is 17.6 Å². The minimum atomic E-state index is -0.186. The number of nitrogens with one attached hydrogen (secondary N) is 3. The van der Waals surface area contributed by atoms with Crippen molar-refractivity contribution in [2.75, 3.05) is 11.9 Å². The van der Waals surface area contributed by atoms with Gasteiger partial charge in [-0.05, 0) is 55.6 Å². The van der Waals surface area contributed by atoms with Crippen LogP contribution < -0.4 is 16.3 Å². The summed E-state index contributed by atoms with van der Waals surface area (Å²) in [6, 6.07) is 7.71. The fourth-order valence-corrected chi connectivity index (χ4v) is 3.57. The number of carbonyl (C=O) groups excluding carboxylic acids is 1. The molecule has 5 rings (SSSR count). The Labute approximate surface area is 149 Å². The molecule has 7 nitrogen and oxygen atoms in total. The van der Waals surface area contributed by atoms with E-state index in [1.807, 2.05) is 24.3 Å². The summed E-state index contributed by atoms with van der Waals surface area (Å²) in [5.41, 5.74) is 4.91. The number of rotatable bonds is 3. The fourth-order valence-electron chi connectivity index (χ4n) is 3.57. The number of hydrogen-bond donors (Lipinski definition) is 3. The van der Waals surface area contributed by atoms with Crippen molar-refractivity contribution in [2.24, 2.45) is 0 Å². The molecule has 0 radical (unpaired) electrons. The van der Waals surface area contributed by atoms with Gasteiger partial charge in [0.15, 0.2) is 0 Å². The third-order valence-electron chi connectivity index (χ3n) is 5.07. The number of aromatic amines is 1. The van der Waals surface area contributed by atoms with Crippen molar-refractivity contribution in [2.45, 2.75) is 31.8 Å². The summed E-state index contributed by atoms with van der Waals surface area (Å²) < 4.78 is 1.79. The Morgan fingerprint density at radius 1 is 1.27 bits per heavy atom. The van der Waals surface area contributed by atoms with Crippen molar-refractivity contribution in [3.8, 4) is 0 Å². The summed E-state index contributed by atoms with van der Waals surface area (Å²) in [4.78, 5) is 32.0. The molecule has 7 heteroatoms. The van der Waals surface area contributed by atoms with Crippen molar-refractivity contribution in [1.29, 1.82) is 0 Å². The van der Waals surface area contributed by atoms with Crippen LogP contribution in [0.25, 0.3) is 11.0 Å². The summed E-state index contributed by atoms with van der Waals surface area (Å²) in [5, 5.41) is 6.20. The van der Waals surface area contributed by atoms with Gasteiger partial charge in [-0.2, -0.15) is 0 Å². The van der Waals surface area contributed by atoms with Gasteiger partial charge in [-0.3, -0.25) is 14.3 Å². The van der Waals surface area contributed by atoms with Crippen LogP contribution >= 0.6 is 0 Å². The van der Waals surface area contributed by atoms with E-state index in [1.165, 1.54) is 0 Å². The molecule has 2 aliphatic rings. The van der Waals surface area contributed by atoms with E-state index >= 15 is 0 Å². The molecule has 3 heterocycles. The number of aromatic nitrogens is 3. The third-order valence-corrected chi connectivity index (χ3v) is 5.07. The molecular weight excluding hydrogens is 330 g/mol. The lowest BCUT2D eigenvalue weighted by Gasteiger charge is -2.16. The van der Waals surface area contributed by atoms with Gasteiger partial charge in [-0.25, -0.2) is 4.79 Å². The van der Waals surface area contributed by atoms with E-state index in [0.717, 1.165) is 54.6 Å². The minimum Gasteiger partial charge on any atom is -0.322 e. The van der Waals surface area contributed by atoms with Gasteiger partial charge in [-0.15, -0.1) is 0 Å². The van der Waals surface area contributed by atoms with Gasteiger partial charge in [0.2, 0.25) is 0 Å². The van der Waals surface area contributed by atoms with Crippen molar-refractivity contribution in [3.05, 3.63) is 57.8 Å². The van der Waals surface area contributed by atoms with Crippen molar-refractivity contribution in [3.63, 3.8) is 0 Å². The number of H-pyrrole nitrogens is 1. The van der Waals surface area contributed by atoms with Crippen LogP contribution in [0.15, 0.2) is 35.3 Å². The smallest absolute Gasteiger partial charge is 0.322 e. The SMILES string of the molecule is O=C(Nc1ccc2[nH]c(=O)n(C3CC3)c2c1)c1cnc2c(c1)CCNC2. The average Bonchev–Trinajstić information content (AvgIpc) is 3.43. The first-order valence-electron chi connectivity index (χ1n) is 8.93. The Kier molecular flexibility index (Phi) is 3.43. The van der Waals surface area contributed by atoms with Gasteiger partial charge in [0.1, 0.15) is 0 Å². The molecular formula is C19H19N5O2. The lowest BCUT2D eigenvalue weighted by molar-refractivity contribution is 0.102.